The highest BCUT2D eigenvalue weighted by Gasteiger charge is 2.61. The van der Waals surface area contributed by atoms with Crippen LogP contribution < -0.4 is 10.6 Å². The highest BCUT2D eigenvalue weighted by Crippen LogP contribution is 2.52. The Morgan fingerprint density at radius 2 is 1.84 bits per heavy atom. The van der Waals surface area contributed by atoms with Crippen molar-refractivity contribution in [1.29, 1.82) is 5.26 Å². The van der Waals surface area contributed by atoms with Crippen LogP contribution in [0.5, 0.6) is 0 Å². The van der Waals surface area contributed by atoms with Gasteiger partial charge in [-0.25, -0.2) is 8.78 Å². The van der Waals surface area contributed by atoms with Crippen LogP contribution in [0.15, 0.2) is 36.4 Å². The molecule has 6 nitrogen and oxygen atoms in total. The summed E-state index contributed by atoms with van der Waals surface area (Å²) in [5.41, 5.74) is -2.06. The minimum absolute atomic E-state index is 0.00264. The number of carbonyl (C=O) groups is 1. The Labute approximate surface area is 225 Å². The number of nitrogens with one attached hydrogen (secondary N) is 2. The summed E-state index contributed by atoms with van der Waals surface area (Å²) in [5.74, 6) is -3.15. The first-order valence-corrected chi connectivity index (χ1v) is 12.7. The van der Waals surface area contributed by atoms with E-state index in [1.54, 1.807) is 0 Å². The Balaban J connectivity index is 2.24. The molecular formula is C27H31Cl2F2N3O3. The third kappa shape index (κ3) is 6.24. The van der Waals surface area contributed by atoms with Gasteiger partial charge in [-0.3, -0.25) is 4.79 Å². The Morgan fingerprint density at radius 1 is 1.19 bits per heavy atom. The lowest BCUT2D eigenvalue weighted by molar-refractivity contribution is -0.123. The number of aliphatic hydroxyl groups excluding tert-OH is 2. The second-order valence-corrected chi connectivity index (χ2v) is 11.5. The van der Waals surface area contributed by atoms with Crippen LogP contribution in [-0.4, -0.2) is 47.5 Å². The van der Waals surface area contributed by atoms with Crippen LogP contribution in [0.1, 0.15) is 50.7 Å². The quantitative estimate of drug-likeness (QED) is 0.386. The average Bonchev–Trinajstić information content (AvgIpc) is 3.13. The Hall–Kier alpha value is -2.28. The van der Waals surface area contributed by atoms with Gasteiger partial charge < -0.3 is 20.8 Å². The van der Waals surface area contributed by atoms with E-state index in [0.717, 1.165) is 12.1 Å². The second kappa shape index (κ2) is 11.6. The van der Waals surface area contributed by atoms with Gasteiger partial charge in [0.2, 0.25) is 5.91 Å². The van der Waals surface area contributed by atoms with E-state index in [1.165, 1.54) is 24.3 Å². The molecule has 0 aliphatic carbocycles. The zero-order valence-electron chi connectivity index (χ0n) is 20.9. The van der Waals surface area contributed by atoms with E-state index in [4.69, 9.17) is 28.3 Å². The maximum Gasteiger partial charge on any atom is 0.237 e. The number of carbonyl (C=O) groups excluding carboxylic acids is 1. The first kappa shape index (κ1) is 29.3. The summed E-state index contributed by atoms with van der Waals surface area (Å²) in [6, 6.07) is 8.23. The molecular weight excluding hydrogens is 523 g/mol. The molecule has 0 unspecified atom stereocenters. The van der Waals surface area contributed by atoms with Gasteiger partial charge in [0.05, 0.1) is 24.8 Å². The smallest absolute Gasteiger partial charge is 0.237 e. The summed E-state index contributed by atoms with van der Waals surface area (Å²) < 4.78 is 30.9. The molecule has 1 amide bonds. The summed E-state index contributed by atoms with van der Waals surface area (Å²) in [6.07, 6.45) is -0.576. The molecule has 0 spiro atoms. The molecule has 4 N–H and O–H groups in total. The van der Waals surface area contributed by atoms with Crippen LogP contribution in [0.3, 0.4) is 0 Å². The molecule has 1 heterocycles. The third-order valence-corrected chi connectivity index (χ3v) is 7.17. The number of nitriles is 1. The molecule has 0 aromatic heterocycles. The van der Waals surface area contributed by atoms with E-state index in [-0.39, 0.29) is 39.6 Å². The van der Waals surface area contributed by atoms with Crippen molar-refractivity contribution in [2.24, 2.45) is 5.41 Å². The standard InChI is InChI=1S/C27H31Cl2F2N3O3/c1-26(2,3)12-22-27(14-32,19-6-4-16(29)11-21(19)31)23(18-10-15(28)5-7-20(18)30)24(34-22)25(37)33-9-8-17(36)13-35/h4-7,10-11,17,22-24,34-36H,8-9,12-13H2,1-3H3,(H,33,37)/t17-,22-,23-,24+,27-/m0/s1. The number of rotatable bonds is 8. The molecule has 1 aliphatic heterocycles. The van der Waals surface area contributed by atoms with E-state index in [9.17, 15) is 15.2 Å². The lowest BCUT2D eigenvalue weighted by Gasteiger charge is -2.37. The number of nitrogens with zero attached hydrogens (tertiary/aromatic N) is 1. The first-order chi connectivity index (χ1) is 17.3. The molecule has 0 saturated carbocycles. The predicted octanol–water partition coefficient (Wildman–Crippen LogP) is 4.45. The topological polar surface area (TPSA) is 105 Å². The van der Waals surface area contributed by atoms with Crippen LogP contribution in [0.25, 0.3) is 0 Å². The van der Waals surface area contributed by atoms with Gasteiger partial charge in [0, 0.05) is 34.1 Å². The zero-order valence-corrected chi connectivity index (χ0v) is 22.4. The van der Waals surface area contributed by atoms with Crippen LogP contribution in [0, 0.1) is 28.4 Å². The van der Waals surface area contributed by atoms with Gasteiger partial charge in [-0.05, 0) is 54.2 Å². The molecule has 37 heavy (non-hydrogen) atoms. The lowest BCUT2D eigenvalue weighted by atomic mass is 9.62. The van der Waals surface area contributed by atoms with E-state index in [0.29, 0.717) is 6.42 Å². The molecule has 2 aromatic carbocycles. The summed E-state index contributed by atoms with van der Waals surface area (Å²) in [7, 11) is 0. The second-order valence-electron chi connectivity index (χ2n) is 10.6. The van der Waals surface area contributed by atoms with E-state index in [2.05, 4.69) is 16.7 Å². The average molecular weight is 554 g/mol. The maximum absolute atomic E-state index is 15.5. The Bertz CT molecular complexity index is 1180. The number of aliphatic hydroxyl groups is 2. The summed E-state index contributed by atoms with van der Waals surface area (Å²) in [6.45, 7) is 5.42. The number of hydrogen-bond donors (Lipinski definition) is 4. The molecule has 0 radical (unpaired) electrons. The van der Waals surface area contributed by atoms with Gasteiger partial charge in [-0.2, -0.15) is 5.26 Å². The van der Waals surface area contributed by atoms with Crippen molar-refractivity contribution in [3.8, 4) is 6.07 Å². The number of hydrogen-bond acceptors (Lipinski definition) is 5. The van der Waals surface area contributed by atoms with Crippen molar-refractivity contribution in [1.82, 2.24) is 10.6 Å². The van der Waals surface area contributed by atoms with Gasteiger partial charge in [0.1, 0.15) is 17.0 Å². The molecule has 3 rings (SSSR count). The van der Waals surface area contributed by atoms with Crippen LogP contribution in [0.4, 0.5) is 8.78 Å². The van der Waals surface area contributed by atoms with Gasteiger partial charge in [0.25, 0.3) is 0 Å². The number of benzene rings is 2. The third-order valence-electron chi connectivity index (χ3n) is 6.70. The molecule has 1 aliphatic rings. The minimum atomic E-state index is -1.71. The fourth-order valence-electron chi connectivity index (χ4n) is 5.11. The lowest BCUT2D eigenvalue weighted by Crippen LogP contribution is -2.46. The molecule has 1 fully saturated rings. The van der Waals surface area contributed by atoms with Gasteiger partial charge in [-0.1, -0.05) is 50.0 Å². The highest BCUT2D eigenvalue weighted by molar-refractivity contribution is 6.30. The molecule has 0 bridgehead atoms. The number of halogens is 4. The van der Waals surface area contributed by atoms with Crippen LogP contribution >= 0.6 is 23.2 Å². The first-order valence-electron chi connectivity index (χ1n) is 12.0. The van der Waals surface area contributed by atoms with E-state index in [1.807, 2.05) is 20.8 Å². The maximum atomic E-state index is 15.5. The zero-order chi connectivity index (χ0) is 27.5. The molecule has 200 valence electrons. The molecule has 10 heteroatoms. The van der Waals surface area contributed by atoms with Gasteiger partial charge >= 0.3 is 0 Å². The van der Waals surface area contributed by atoms with Crippen molar-refractivity contribution in [2.45, 2.75) is 63.1 Å². The Kier molecular flexibility index (Phi) is 9.20. The fourth-order valence-corrected chi connectivity index (χ4v) is 5.45. The van der Waals surface area contributed by atoms with Crippen molar-refractivity contribution < 1.29 is 23.8 Å². The van der Waals surface area contributed by atoms with Crippen LogP contribution in [-0.2, 0) is 10.2 Å². The normalized spacial score (nSPS) is 24.5. The van der Waals surface area contributed by atoms with Crippen molar-refractivity contribution >= 4 is 29.1 Å². The summed E-state index contributed by atoms with van der Waals surface area (Å²) in [4.78, 5) is 13.5. The van der Waals surface area contributed by atoms with Gasteiger partial charge in [0.15, 0.2) is 0 Å². The van der Waals surface area contributed by atoms with Crippen molar-refractivity contribution in [3.05, 3.63) is 69.2 Å². The largest absolute Gasteiger partial charge is 0.394 e. The molecule has 5 atom stereocenters. The summed E-state index contributed by atoms with van der Waals surface area (Å²) in [5, 5.41) is 35.7. The van der Waals surface area contributed by atoms with Crippen molar-refractivity contribution in [2.75, 3.05) is 13.2 Å². The van der Waals surface area contributed by atoms with Gasteiger partial charge in [-0.15, -0.1) is 0 Å². The Morgan fingerprint density at radius 3 is 2.43 bits per heavy atom. The summed E-state index contributed by atoms with van der Waals surface area (Å²) >= 11 is 12.2. The fraction of sp³-hybridized carbons (Fsp3) is 0.481. The highest BCUT2D eigenvalue weighted by atomic mass is 35.5. The predicted molar refractivity (Wildman–Crippen MR) is 138 cm³/mol. The number of amides is 1. The molecule has 1 saturated heterocycles. The van der Waals surface area contributed by atoms with E-state index < -0.39 is 53.7 Å². The van der Waals surface area contributed by atoms with E-state index >= 15 is 8.78 Å². The van der Waals surface area contributed by atoms with Crippen molar-refractivity contribution in [3.63, 3.8) is 0 Å². The minimum Gasteiger partial charge on any atom is -0.394 e. The van der Waals surface area contributed by atoms with Crippen LogP contribution in [0.2, 0.25) is 10.0 Å². The molecule has 2 aromatic rings. The monoisotopic (exact) mass is 553 g/mol. The SMILES string of the molecule is CC(C)(C)C[C@@H]1N[C@@H](C(=O)NCC[C@H](O)CO)[C@H](c2cc(Cl)ccc2F)[C@@]1(C#N)c1ccc(Cl)cc1F.